The lowest BCUT2D eigenvalue weighted by atomic mass is 10.1. The zero-order valence-electron chi connectivity index (χ0n) is 16.1. The van der Waals surface area contributed by atoms with Gasteiger partial charge in [-0.1, -0.05) is 13.3 Å². The number of nitrogens with zero attached hydrogens (tertiary/aromatic N) is 2. The summed E-state index contributed by atoms with van der Waals surface area (Å²) in [6.45, 7) is 13.2. The lowest BCUT2D eigenvalue weighted by Gasteiger charge is -2.33. The molecule has 0 radical (unpaired) electrons. The fourth-order valence-corrected chi connectivity index (χ4v) is 2.47. The zero-order chi connectivity index (χ0) is 17.7. The van der Waals surface area contributed by atoms with Crippen LogP contribution in [-0.2, 0) is 9.47 Å². The second-order valence-corrected chi connectivity index (χ2v) is 6.47. The standard InChI is InChI=1S/C17H36N4O3.HI/c1-4-6-10-23-11-7-19-16(18-5-2)20-14-17(3,22)15-21-8-12-24-13-9-21;/h22H,4-15H2,1-3H3,(H2,18,19,20);1H. The molecule has 25 heavy (non-hydrogen) atoms. The van der Waals surface area contributed by atoms with E-state index in [1.807, 2.05) is 13.8 Å². The molecule has 0 aromatic carbocycles. The predicted molar refractivity (Wildman–Crippen MR) is 113 cm³/mol. The van der Waals surface area contributed by atoms with Crippen molar-refractivity contribution in [2.75, 3.05) is 65.7 Å². The van der Waals surface area contributed by atoms with E-state index in [2.05, 4.69) is 27.4 Å². The van der Waals surface area contributed by atoms with Crippen molar-refractivity contribution in [3.05, 3.63) is 0 Å². The quantitative estimate of drug-likeness (QED) is 0.181. The number of hydrogen-bond acceptors (Lipinski definition) is 5. The Bertz CT molecular complexity index is 351. The predicted octanol–water partition coefficient (Wildman–Crippen LogP) is 1.06. The first-order valence-corrected chi connectivity index (χ1v) is 9.20. The molecule has 8 heteroatoms. The third kappa shape index (κ3) is 12.8. The summed E-state index contributed by atoms with van der Waals surface area (Å²) in [6.07, 6.45) is 2.24. The van der Waals surface area contributed by atoms with Crippen molar-refractivity contribution in [2.24, 2.45) is 4.99 Å². The van der Waals surface area contributed by atoms with Crippen LogP contribution in [0.4, 0.5) is 0 Å². The molecule has 1 fully saturated rings. The van der Waals surface area contributed by atoms with Crippen molar-refractivity contribution in [1.29, 1.82) is 0 Å². The van der Waals surface area contributed by atoms with Gasteiger partial charge in [0.15, 0.2) is 5.96 Å². The number of rotatable bonds is 11. The van der Waals surface area contributed by atoms with E-state index in [1.54, 1.807) is 0 Å². The molecule has 7 nitrogen and oxygen atoms in total. The van der Waals surface area contributed by atoms with E-state index >= 15 is 0 Å². The van der Waals surface area contributed by atoms with Crippen molar-refractivity contribution < 1.29 is 14.6 Å². The van der Waals surface area contributed by atoms with E-state index in [0.717, 1.165) is 58.3 Å². The van der Waals surface area contributed by atoms with E-state index in [1.165, 1.54) is 0 Å². The van der Waals surface area contributed by atoms with Crippen LogP contribution in [0, 0.1) is 0 Å². The van der Waals surface area contributed by atoms with Gasteiger partial charge in [0.1, 0.15) is 0 Å². The molecular weight excluding hydrogens is 435 g/mol. The summed E-state index contributed by atoms with van der Waals surface area (Å²) in [6, 6.07) is 0. The Morgan fingerprint density at radius 3 is 2.60 bits per heavy atom. The molecule has 0 saturated carbocycles. The molecule has 0 aromatic heterocycles. The number of unbranched alkanes of at least 4 members (excludes halogenated alkanes) is 1. The molecule has 1 aliphatic heterocycles. The summed E-state index contributed by atoms with van der Waals surface area (Å²) >= 11 is 0. The number of aliphatic imine (C=N–C) groups is 1. The molecule has 1 heterocycles. The molecule has 1 saturated heterocycles. The molecule has 0 bridgehead atoms. The number of guanidine groups is 1. The van der Waals surface area contributed by atoms with E-state index in [-0.39, 0.29) is 24.0 Å². The molecule has 0 aliphatic carbocycles. The van der Waals surface area contributed by atoms with Crippen LogP contribution in [0.5, 0.6) is 0 Å². The van der Waals surface area contributed by atoms with Gasteiger partial charge >= 0.3 is 0 Å². The molecule has 150 valence electrons. The van der Waals surface area contributed by atoms with Gasteiger partial charge in [0.2, 0.25) is 0 Å². The smallest absolute Gasteiger partial charge is 0.191 e. The van der Waals surface area contributed by atoms with Crippen LogP contribution in [0.25, 0.3) is 0 Å². The molecular formula is C17H37IN4O3. The summed E-state index contributed by atoms with van der Waals surface area (Å²) in [5.74, 6) is 0.721. The first-order valence-electron chi connectivity index (χ1n) is 9.20. The lowest BCUT2D eigenvalue weighted by Crippen LogP contribution is -2.48. The number of morpholine rings is 1. The Morgan fingerprint density at radius 2 is 1.96 bits per heavy atom. The maximum absolute atomic E-state index is 10.6. The topological polar surface area (TPSA) is 78.3 Å². The molecule has 1 aliphatic rings. The summed E-state index contributed by atoms with van der Waals surface area (Å²) in [7, 11) is 0. The first-order chi connectivity index (χ1) is 11.6. The molecule has 3 N–H and O–H groups in total. The number of β-amino-alcohol motifs (C(OH)–C–C–N with tert-alkyl or cyclic N) is 1. The largest absolute Gasteiger partial charge is 0.387 e. The van der Waals surface area contributed by atoms with Gasteiger partial charge in [0.05, 0.1) is 32.0 Å². The highest BCUT2D eigenvalue weighted by Crippen LogP contribution is 2.09. The fraction of sp³-hybridized carbons (Fsp3) is 0.941. The average molecular weight is 472 g/mol. The van der Waals surface area contributed by atoms with Gasteiger partial charge in [-0.25, -0.2) is 0 Å². The third-order valence-corrected chi connectivity index (χ3v) is 3.77. The Morgan fingerprint density at radius 1 is 1.24 bits per heavy atom. The van der Waals surface area contributed by atoms with Gasteiger partial charge < -0.3 is 25.2 Å². The summed E-state index contributed by atoms with van der Waals surface area (Å²) in [5.41, 5.74) is -0.850. The van der Waals surface area contributed by atoms with Gasteiger partial charge in [-0.2, -0.15) is 0 Å². The van der Waals surface area contributed by atoms with Crippen LogP contribution in [0.1, 0.15) is 33.6 Å². The van der Waals surface area contributed by atoms with Crippen LogP contribution < -0.4 is 10.6 Å². The summed E-state index contributed by atoms with van der Waals surface area (Å²) in [5, 5.41) is 17.0. The molecule has 0 aromatic rings. The number of halogens is 1. The highest BCUT2D eigenvalue weighted by molar-refractivity contribution is 14.0. The number of hydrogen-bond donors (Lipinski definition) is 3. The lowest BCUT2D eigenvalue weighted by molar-refractivity contribution is -0.0180. The van der Waals surface area contributed by atoms with Crippen LogP contribution in [-0.4, -0.2) is 87.3 Å². The van der Waals surface area contributed by atoms with Gasteiger partial charge in [-0.05, 0) is 20.3 Å². The Balaban J connectivity index is 0.00000576. The number of nitrogens with one attached hydrogen (secondary N) is 2. The molecule has 0 spiro atoms. The number of aliphatic hydroxyl groups is 1. The van der Waals surface area contributed by atoms with Crippen molar-refractivity contribution in [3.8, 4) is 0 Å². The minimum absolute atomic E-state index is 0. The SMILES string of the molecule is CCCCOCCNC(=NCC(C)(O)CN1CCOCC1)NCC.I. The molecule has 0 amide bonds. The summed E-state index contributed by atoms with van der Waals surface area (Å²) < 4.78 is 10.9. The fourth-order valence-electron chi connectivity index (χ4n) is 2.47. The Kier molecular flexibility index (Phi) is 14.9. The normalized spacial score (nSPS) is 18.3. The second-order valence-electron chi connectivity index (χ2n) is 6.47. The monoisotopic (exact) mass is 472 g/mol. The van der Waals surface area contributed by atoms with Crippen LogP contribution >= 0.6 is 24.0 Å². The van der Waals surface area contributed by atoms with E-state index in [4.69, 9.17) is 9.47 Å². The maximum atomic E-state index is 10.6. The van der Waals surface area contributed by atoms with E-state index < -0.39 is 5.60 Å². The average Bonchev–Trinajstić information content (AvgIpc) is 2.56. The summed E-state index contributed by atoms with van der Waals surface area (Å²) in [4.78, 5) is 6.74. The van der Waals surface area contributed by atoms with Gasteiger partial charge in [0, 0.05) is 39.3 Å². The second kappa shape index (κ2) is 15.0. The highest BCUT2D eigenvalue weighted by atomic mass is 127. The highest BCUT2D eigenvalue weighted by Gasteiger charge is 2.25. The number of ether oxygens (including phenoxy) is 2. The molecule has 1 unspecified atom stereocenters. The van der Waals surface area contributed by atoms with Crippen molar-refractivity contribution in [2.45, 2.75) is 39.2 Å². The maximum Gasteiger partial charge on any atom is 0.191 e. The Labute approximate surface area is 169 Å². The van der Waals surface area contributed by atoms with Gasteiger partial charge in [-0.15, -0.1) is 24.0 Å². The van der Waals surface area contributed by atoms with Crippen molar-refractivity contribution >= 4 is 29.9 Å². The van der Waals surface area contributed by atoms with Crippen LogP contribution in [0.15, 0.2) is 4.99 Å². The van der Waals surface area contributed by atoms with Crippen molar-refractivity contribution in [1.82, 2.24) is 15.5 Å². The van der Waals surface area contributed by atoms with Gasteiger partial charge in [0.25, 0.3) is 0 Å². The third-order valence-electron chi connectivity index (χ3n) is 3.77. The zero-order valence-corrected chi connectivity index (χ0v) is 18.4. The molecule has 1 atom stereocenters. The Hall–Kier alpha value is -0.160. The molecule has 1 rings (SSSR count). The van der Waals surface area contributed by atoms with Crippen LogP contribution in [0.2, 0.25) is 0 Å². The van der Waals surface area contributed by atoms with Gasteiger partial charge in [-0.3, -0.25) is 9.89 Å². The van der Waals surface area contributed by atoms with E-state index in [0.29, 0.717) is 26.2 Å². The minimum Gasteiger partial charge on any atom is -0.387 e. The van der Waals surface area contributed by atoms with E-state index in [9.17, 15) is 5.11 Å². The van der Waals surface area contributed by atoms with Crippen LogP contribution in [0.3, 0.4) is 0 Å². The first kappa shape index (κ1) is 24.8. The van der Waals surface area contributed by atoms with Crippen molar-refractivity contribution in [3.63, 3.8) is 0 Å². The minimum atomic E-state index is -0.850.